The minimum atomic E-state index is -1.37. The van der Waals surface area contributed by atoms with Crippen molar-refractivity contribution < 1.29 is 19.1 Å². The van der Waals surface area contributed by atoms with Crippen molar-refractivity contribution >= 4 is 23.5 Å². The topological polar surface area (TPSA) is 57.6 Å². The van der Waals surface area contributed by atoms with E-state index < -0.39 is 23.1 Å². The average molecular weight is 314 g/mol. The van der Waals surface area contributed by atoms with Gasteiger partial charge in [0.25, 0.3) is 0 Å². The summed E-state index contributed by atoms with van der Waals surface area (Å²) in [6.07, 6.45) is 2.09. The molecular formula is C15H17ClFNO3. The third-order valence-corrected chi connectivity index (χ3v) is 4.43. The molecule has 4 nitrogen and oxygen atoms in total. The number of rotatable bonds is 4. The molecule has 0 heterocycles. The van der Waals surface area contributed by atoms with Gasteiger partial charge in [-0.15, -0.1) is 0 Å². The number of nitrogens with zero attached hydrogens (tertiary/aromatic N) is 1. The Hall–Kier alpha value is -1.62. The molecule has 0 radical (unpaired) electrons. The molecule has 0 aliphatic heterocycles. The normalized spacial score (nSPS) is 16.7. The number of hydrogen-bond donors (Lipinski definition) is 1. The lowest BCUT2D eigenvalue weighted by atomic mass is 9.84. The lowest BCUT2D eigenvalue weighted by Gasteiger charge is -2.29. The molecule has 0 atom stereocenters. The second-order valence-corrected chi connectivity index (χ2v) is 5.86. The number of carboxylic acids is 1. The Morgan fingerprint density at radius 3 is 2.52 bits per heavy atom. The molecule has 1 N–H and O–H groups in total. The van der Waals surface area contributed by atoms with Crippen molar-refractivity contribution in [3.05, 3.63) is 34.6 Å². The molecular weight excluding hydrogens is 297 g/mol. The Morgan fingerprint density at radius 2 is 2.00 bits per heavy atom. The molecule has 21 heavy (non-hydrogen) atoms. The molecule has 1 saturated carbocycles. The largest absolute Gasteiger partial charge is 0.480 e. The van der Waals surface area contributed by atoms with Gasteiger partial charge in [-0.05, 0) is 25.0 Å². The smallest absolute Gasteiger partial charge is 0.319 e. The van der Waals surface area contributed by atoms with Crippen LogP contribution in [-0.4, -0.2) is 28.9 Å². The lowest BCUT2D eigenvalue weighted by molar-refractivity contribution is -0.160. The summed E-state index contributed by atoms with van der Waals surface area (Å²) >= 11 is 5.94. The van der Waals surface area contributed by atoms with Crippen molar-refractivity contribution in [2.24, 2.45) is 5.41 Å². The minimum absolute atomic E-state index is 0.0423. The summed E-state index contributed by atoms with van der Waals surface area (Å²) in [4.78, 5) is 25.3. The van der Waals surface area contributed by atoms with Gasteiger partial charge < -0.3 is 10.0 Å². The summed E-state index contributed by atoms with van der Waals surface area (Å²) in [7, 11) is 1.48. The first-order chi connectivity index (χ1) is 9.88. The first kappa shape index (κ1) is 15.8. The van der Waals surface area contributed by atoms with Gasteiger partial charge in [0.05, 0.1) is 0 Å². The molecule has 2 rings (SSSR count). The highest BCUT2D eigenvalue weighted by molar-refractivity contribution is 6.31. The number of carboxylic acid groups (broad SMARTS) is 1. The highest BCUT2D eigenvalue weighted by Crippen LogP contribution is 2.40. The number of halogens is 2. The van der Waals surface area contributed by atoms with Crippen molar-refractivity contribution in [1.29, 1.82) is 0 Å². The molecule has 1 aromatic rings. The van der Waals surface area contributed by atoms with Gasteiger partial charge in [-0.2, -0.15) is 0 Å². The Labute approximate surface area is 127 Å². The molecule has 1 aromatic carbocycles. The fourth-order valence-electron chi connectivity index (χ4n) is 2.86. The van der Waals surface area contributed by atoms with E-state index in [0.717, 1.165) is 0 Å². The van der Waals surface area contributed by atoms with Crippen LogP contribution in [0, 0.1) is 11.2 Å². The zero-order valence-corrected chi connectivity index (χ0v) is 12.5. The number of hydrogen-bond acceptors (Lipinski definition) is 2. The van der Waals surface area contributed by atoms with E-state index in [1.54, 1.807) is 6.07 Å². The van der Waals surface area contributed by atoms with E-state index in [0.29, 0.717) is 25.7 Å². The Morgan fingerprint density at radius 1 is 1.38 bits per heavy atom. The summed E-state index contributed by atoms with van der Waals surface area (Å²) in [5, 5.41) is 9.64. The van der Waals surface area contributed by atoms with E-state index in [1.807, 2.05) is 0 Å². The number of carbonyl (C=O) groups is 2. The van der Waals surface area contributed by atoms with E-state index in [4.69, 9.17) is 11.6 Å². The van der Waals surface area contributed by atoms with Crippen LogP contribution in [-0.2, 0) is 16.1 Å². The molecule has 0 bridgehead atoms. The van der Waals surface area contributed by atoms with E-state index in [1.165, 1.54) is 24.1 Å². The van der Waals surface area contributed by atoms with Crippen LogP contribution in [0.4, 0.5) is 4.39 Å². The van der Waals surface area contributed by atoms with Crippen LogP contribution in [0.1, 0.15) is 31.2 Å². The van der Waals surface area contributed by atoms with Crippen LogP contribution in [0.25, 0.3) is 0 Å². The number of benzene rings is 1. The van der Waals surface area contributed by atoms with Gasteiger partial charge in [-0.25, -0.2) is 4.39 Å². The molecule has 114 valence electrons. The van der Waals surface area contributed by atoms with Crippen molar-refractivity contribution in [3.63, 3.8) is 0 Å². The van der Waals surface area contributed by atoms with Gasteiger partial charge in [0.15, 0.2) is 0 Å². The van der Waals surface area contributed by atoms with Crippen LogP contribution in [0.2, 0.25) is 5.02 Å². The Bertz CT molecular complexity index is 550. The van der Waals surface area contributed by atoms with Gasteiger partial charge in [-0.3, -0.25) is 9.59 Å². The SMILES string of the molecule is CN(Cc1c(F)cccc1Cl)C(=O)C1(C(=O)O)CCCC1. The van der Waals surface area contributed by atoms with Crippen molar-refractivity contribution in [2.75, 3.05) is 7.05 Å². The quantitative estimate of drug-likeness (QED) is 0.869. The fraction of sp³-hybridized carbons (Fsp3) is 0.467. The summed E-state index contributed by atoms with van der Waals surface area (Å²) in [6, 6.07) is 4.29. The molecule has 0 aromatic heterocycles. The lowest BCUT2D eigenvalue weighted by Crippen LogP contribution is -2.45. The van der Waals surface area contributed by atoms with Crippen LogP contribution < -0.4 is 0 Å². The zero-order chi connectivity index (χ0) is 15.6. The zero-order valence-electron chi connectivity index (χ0n) is 11.7. The van der Waals surface area contributed by atoms with E-state index in [-0.39, 0.29) is 17.1 Å². The minimum Gasteiger partial charge on any atom is -0.480 e. The first-order valence-electron chi connectivity index (χ1n) is 6.80. The molecule has 1 aliphatic rings. The molecule has 1 amide bonds. The molecule has 1 aliphatic carbocycles. The fourth-order valence-corrected chi connectivity index (χ4v) is 3.08. The van der Waals surface area contributed by atoms with Gasteiger partial charge in [-0.1, -0.05) is 30.5 Å². The second kappa shape index (κ2) is 6.02. The summed E-state index contributed by atoms with van der Waals surface area (Å²) in [6.45, 7) is -0.0423. The first-order valence-corrected chi connectivity index (χ1v) is 7.18. The Kier molecular flexibility index (Phi) is 4.52. The average Bonchev–Trinajstić information content (AvgIpc) is 2.92. The maximum absolute atomic E-state index is 13.8. The summed E-state index contributed by atoms with van der Waals surface area (Å²) in [5.41, 5.74) is -1.17. The predicted octanol–water partition coefficient (Wildman–Crippen LogP) is 3.08. The van der Waals surface area contributed by atoms with Crippen molar-refractivity contribution in [3.8, 4) is 0 Å². The van der Waals surface area contributed by atoms with Crippen molar-refractivity contribution in [2.45, 2.75) is 32.2 Å². The summed E-state index contributed by atoms with van der Waals surface area (Å²) < 4.78 is 13.8. The molecule has 1 fully saturated rings. The number of amides is 1. The maximum atomic E-state index is 13.8. The molecule has 0 spiro atoms. The van der Waals surface area contributed by atoms with Gasteiger partial charge in [0, 0.05) is 24.2 Å². The van der Waals surface area contributed by atoms with E-state index >= 15 is 0 Å². The predicted molar refractivity (Wildman–Crippen MR) is 76.4 cm³/mol. The standard InChI is InChI=1S/C15H17ClFNO3/c1-18(9-10-11(16)5-4-6-12(10)17)13(19)15(14(20)21)7-2-3-8-15/h4-6H,2-3,7-9H2,1H3,(H,20,21). The van der Waals surface area contributed by atoms with Crippen LogP contribution >= 0.6 is 11.6 Å². The van der Waals surface area contributed by atoms with Crippen LogP contribution in [0.15, 0.2) is 18.2 Å². The Balaban J connectivity index is 2.22. The van der Waals surface area contributed by atoms with Gasteiger partial charge >= 0.3 is 5.97 Å². The summed E-state index contributed by atoms with van der Waals surface area (Å²) in [5.74, 6) is -2.08. The molecule has 0 saturated heterocycles. The van der Waals surface area contributed by atoms with Crippen LogP contribution in [0.3, 0.4) is 0 Å². The second-order valence-electron chi connectivity index (χ2n) is 5.46. The van der Waals surface area contributed by atoms with E-state index in [9.17, 15) is 19.1 Å². The third-order valence-electron chi connectivity index (χ3n) is 4.08. The monoisotopic (exact) mass is 313 g/mol. The highest BCUT2D eigenvalue weighted by atomic mass is 35.5. The third kappa shape index (κ3) is 2.88. The highest BCUT2D eigenvalue weighted by Gasteiger charge is 2.49. The van der Waals surface area contributed by atoms with Gasteiger partial charge in [0.2, 0.25) is 5.91 Å². The van der Waals surface area contributed by atoms with Crippen LogP contribution in [0.5, 0.6) is 0 Å². The number of aliphatic carboxylic acids is 1. The van der Waals surface area contributed by atoms with E-state index in [2.05, 4.69) is 0 Å². The molecule has 6 heteroatoms. The number of carbonyl (C=O) groups excluding carboxylic acids is 1. The molecule has 0 unspecified atom stereocenters. The maximum Gasteiger partial charge on any atom is 0.319 e. The van der Waals surface area contributed by atoms with Crippen molar-refractivity contribution in [1.82, 2.24) is 4.90 Å². The van der Waals surface area contributed by atoms with Gasteiger partial charge in [0.1, 0.15) is 11.2 Å².